The number of hydrogen-bond acceptors (Lipinski definition) is 3. The summed E-state index contributed by atoms with van der Waals surface area (Å²) >= 11 is 0. The predicted molar refractivity (Wildman–Crippen MR) is 43.9 cm³/mol. The number of aromatic amines is 1. The third-order valence-corrected chi connectivity index (χ3v) is 1.64. The second-order valence-electron chi connectivity index (χ2n) is 2.69. The van der Waals surface area contributed by atoms with Crippen LogP contribution >= 0.6 is 0 Å². The molecule has 0 spiro atoms. The van der Waals surface area contributed by atoms with Gasteiger partial charge >= 0.3 is 6.36 Å². The highest BCUT2D eigenvalue weighted by Gasteiger charge is 2.34. The zero-order valence-electron chi connectivity index (χ0n) is 7.60. The van der Waals surface area contributed by atoms with Crippen LogP contribution in [0.15, 0.2) is 11.0 Å². The maximum absolute atomic E-state index is 12.3. The average Bonchev–Trinajstić information content (AvgIpc) is 2.16. The van der Waals surface area contributed by atoms with Crippen LogP contribution in [-0.4, -0.2) is 17.6 Å². The minimum atomic E-state index is -5.10. The minimum absolute atomic E-state index is 0.126. The number of nitrogens with one attached hydrogen (secondary N) is 1. The molecule has 0 radical (unpaired) electrons. The van der Waals surface area contributed by atoms with Crippen LogP contribution in [0.2, 0.25) is 0 Å². The Balaban J connectivity index is 3.37. The maximum atomic E-state index is 12.3. The molecule has 1 aromatic rings. The second kappa shape index (κ2) is 4.33. The van der Waals surface area contributed by atoms with E-state index >= 15 is 0 Å². The topological polar surface area (TPSA) is 59.2 Å². The molecule has 0 fully saturated rings. The Morgan fingerprint density at radius 1 is 1.44 bits per heavy atom. The number of pyridine rings is 1. The molecule has 1 N–H and O–H groups in total. The molecule has 0 bridgehead atoms. The number of hydrogen-bond donors (Lipinski definition) is 1. The van der Waals surface area contributed by atoms with E-state index in [0.717, 1.165) is 6.20 Å². The Morgan fingerprint density at radius 2 is 2.06 bits per heavy atom. The average molecular weight is 239 g/mol. The number of halogens is 4. The van der Waals surface area contributed by atoms with Gasteiger partial charge < -0.3 is 9.72 Å². The van der Waals surface area contributed by atoms with E-state index in [1.54, 1.807) is 0 Å². The molecular formula is C8H5F4NO3. The van der Waals surface area contributed by atoms with Crippen molar-refractivity contribution in [2.24, 2.45) is 0 Å². The number of carbonyl (C=O) groups is 1. The molecule has 0 saturated carbocycles. The fraction of sp³-hybridized carbons (Fsp3) is 0.250. The zero-order chi connectivity index (χ0) is 12.3. The van der Waals surface area contributed by atoms with Crippen molar-refractivity contribution in [1.82, 2.24) is 4.98 Å². The van der Waals surface area contributed by atoms with Gasteiger partial charge in [-0.3, -0.25) is 9.59 Å². The van der Waals surface area contributed by atoms with E-state index in [1.807, 2.05) is 4.98 Å². The van der Waals surface area contributed by atoms with Crippen LogP contribution < -0.4 is 10.3 Å². The van der Waals surface area contributed by atoms with Crippen molar-refractivity contribution < 1.29 is 27.1 Å². The van der Waals surface area contributed by atoms with Crippen LogP contribution in [0, 0.1) is 0 Å². The summed E-state index contributed by atoms with van der Waals surface area (Å²) in [6, 6.07) is 0. The Labute approximate surface area is 85.8 Å². The number of carbonyl (C=O) groups excluding carboxylic acids is 1. The lowest BCUT2D eigenvalue weighted by Crippen LogP contribution is -2.23. The van der Waals surface area contributed by atoms with Gasteiger partial charge in [0.2, 0.25) is 0 Å². The first kappa shape index (κ1) is 12.2. The van der Waals surface area contributed by atoms with Crippen molar-refractivity contribution in [2.75, 3.05) is 0 Å². The van der Waals surface area contributed by atoms with Gasteiger partial charge in [0.25, 0.3) is 5.56 Å². The van der Waals surface area contributed by atoms with Gasteiger partial charge in [0.1, 0.15) is 12.2 Å². The number of ether oxygens (including phenoxy) is 1. The molecule has 0 atom stereocenters. The van der Waals surface area contributed by atoms with Crippen molar-refractivity contribution in [3.05, 3.63) is 27.7 Å². The van der Waals surface area contributed by atoms with E-state index in [2.05, 4.69) is 4.74 Å². The fourth-order valence-electron chi connectivity index (χ4n) is 1.01. The molecule has 1 aromatic heterocycles. The van der Waals surface area contributed by atoms with E-state index in [-0.39, 0.29) is 6.29 Å². The van der Waals surface area contributed by atoms with Gasteiger partial charge in [-0.15, -0.1) is 13.2 Å². The summed E-state index contributed by atoms with van der Waals surface area (Å²) in [5.41, 5.74) is -2.53. The van der Waals surface area contributed by atoms with Crippen LogP contribution in [0.3, 0.4) is 0 Å². The molecule has 4 nitrogen and oxygen atoms in total. The molecule has 0 aliphatic carbocycles. The van der Waals surface area contributed by atoms with Crippen LogP contribution in [0.1, 0.15) is 15.9 Å². The van der Waals surface area contributed by atoms with E-state index in [0.29, 0.717) is 0 Å². The molecule has 0 amide bonds. The van der Waals surface area contributed by atoms with Crippen molar-refractivity contribution in [3.63, 3.8) is 0 Å². The van der Waals surface area contributed by atoms with E-state index in [1.165, 1.54) is 0 Å². The molecular weight excluding hydrogens is 234 g/mol. The fourth-order valence-corrected chi connectivity index (χ4v) is 1.01. The first-order valence-corrected chi connectivity index (χ1v) is 3.90. The summed E-state index contributed by atoms with van der Waals surface area (Å²) in [5.74, 6) is -1.10. The predicted octanol–water partition coefficient (Wildman–Crippen LogP) is 1.56. The zero-order valence-corrected chi connectivity index (χ0v) is 7.60. The number of alkyl halides is 4. The third kappa shape index (κ3) is 2.59. The lowest BCUT2D eigenvalue weighted by molar-refractivity contribution is -0.275. The first-order valence-electron chi connectivity index (χ1n) is 3.90. The Hall–Kier alpha value is -1.86. The maximum Gasteiger partial charge on any atom is 0.573 e. The van der Waals surface area contributed by atoms with Crippen LogP contribution in [0.4, 0.5) is 17.6 Å². The molecule has 0 saturated heterocycles. The Morgan fingerprint density at radius 3 is 2.50 bits per heavy atom. The van der Waals surface area contributed by atoms with Gasteiger partial charge in [0.05, 0.1) is 0 Å². The van der Waals surface area contributed by atoms with Gasteiger partial charge in [0.15, 0.2) is 12.0 Å². The summed E-state index contributed by atoms with van der Waals surface area (Å²) in [7, 11) is 0. The summed E-state index contributed by atoms with van der Waals surface area (Å²) in [6.07, 6.45) is -4.51. The standard InChI is InChI=1S/C8H5F4NO3/c9-1-4-2-13-7(15)5(3-14)6(4)16-8(10,11)12/h2-3H,1H2,(H,13,15). The molecule has 88 valence electrons. The molecule has 0 aliphatic rings. The summed E-state index contributed by atoms with van der Waals surface area (Å²) in [5, 5.41) is 0. The monoisotopic (exact) mass is 239 g/mol. The number of rotatable bonds is 3. The molecule has 1 rings (SSSR count). The smallest absolute Gasteiger partial charge is 0.404 e. The summed E-state index contributed by atoms with van der Waals surface area (Å²) in [6.45, 7) is -1.30. The first-order chi connectivity index (χ1) is 7.39. The highest BCUT2D eigenvalue weighted by atomic mass is 19.4. The molecule has 0 unspecified atom stereocenters. The largest absolute Gasteiger partial charge is 0.573 e. The molecule has 0 aliphatic heterocycles. The number of aromatic nitrogens is 1. The van der Waals surface area contributed by atoms with Crippen molar-refractivity contribution >= 4 is 6.29 Å². The second-order valence-corrected chi connectivity index (χ2v) is 2.69. The van der Waals surface area contributed by atoms with Crippen LogP contribution in [-0.2, 0) is 6.67 Å². The number of H-pyrrole nitrogens is 1. The Kier molecular flexibility index (Phi) is 3.31. The molecule has 0 aromatic carbocycles. The lowest BCUT2D eigenvalue weighted by Gasteiger charge is -2.12. The highest BCUT2D eigenvalue weighted by Crippen LogP contribution is 2.27. The van der Waals surface area contributed by atoms with E-state index in [4.69, 9.17) is 0 Å². The van der Waals surface area contributed by atoms with E-state index in [9.17, 15) is 27.2 Å². The van der Waals surface area contributed by atoms with Crippen molar-refractivity contribution in [1.29, 1.82) is 0 Å². The third-order valence-electron chi connectivity index (χ3n) is 1.64. The van der Waals surface area contributed by atoms with Crippen LogP contribution in [0.5, 0.6) is 5.75 Å². The Bertz CT molecular complexity index is 452. The van der Waals surface area contributed by atoms with Crippen LogP contribution in [0.25, 0.3) is 0 Å². The minimum Gasteiger partial charge on any atom is -0.404 e. The molecule has 16 heavy (non-hydrogen) atoms. The van der Waals surface area contributed by atoms with Crippen molar-refractivity contribution in [3.8, 4) is 5.75 Å². The summed E-state index contributed by atoms with van der Waals surface area (Å²) < 4.78 is 51.6. The quantitative estimate of drug-likeness (QED) is 0.643. The van der Waals surface area contributed by atoms with E-state index < -0.39 is 35.5 Å². The lowest BCUT2D eigenvalue weighted by atomic mass is 10.2. The molecule has 8 heteroatoms. The van der Waals surface area contributed by atoms with Gasteiger partial charge in [-0.25, -0.2) is 4.39 Å². The van der Waals surface area contributed by atoms with Gasteiger partial charge in [-0.1, -0.05) is 0 Å². The highest BCUT2D eigenvalue weighted by molar-refractivity contribution is 5.79. The summed E-state index contributed by atoms with van der Waals surface area (Å²) in [4.78, 5) is 23.3. The molecule has 1 heterocycles. The van der Waals surface area contributed by atoms with Gasteiger partial charge in [-0.2, -0.15) is 0 Å². The normalized spacial score (nSPS) is 11.2. The SMILES string of the molecule is O=Cc1c(OC(F)(F)F)c(CF)c[nH]c1=O. The van der Waals surface area contributed by atoms with Crippen molar-refractivity contribution in [2.45, 2.75) is 13.0 Å². The number of aldehydes is 1. The van der Waals surface area contributed by atoms with Gasteiger partial charge in [0, 0.05) is 11.8 Å². The van der Waals surface area contributed by atoms with Gasteiger partial charge in [-0.05, 0) is 0 Å².